The first-order chi connectivity index (χ1) is 15.5. The zero-order valence-corrected chi connectivity index (χ0v) is 20.5. The van der Waals surface area contributed by atoms with Crippen molar-refractivity contribution in [1.29, 1.82) is 0 Å². The van der Waals surface area contributed by atoms with Crippen LogP contribution in [0.3, 0.4) is 0 Å². The van der Waals surface area contributed by atoms with E-state index in [9.17, 15) is 8.42 Å². The van der Waals surface area contributed by atoms with Gasteiger partial charge in [0.2, 0.25) is 15.9 Å². The fourth-order valence-corrected chi connectivity index (χ4v) is 6.03. The number of rotatable bonds is 5. The highest BCUT2D eigenvalue weighted by molar-refractivity contribution is 7.89. The number of hydrogen-bond acceptors (Lipinski definition) is 8. The molecule has 1 aromatic carbocycles. The Kier molecular flexibility index (Phi) is 5.22. The van der Waals surface area contributed by atoms with E-state index in [1.165, 1.54) is 0 Å². The molecule has 3 aromatic rings. The summed E-state index contributed by atoms with van der Waals surface area (Å²) in [5.41, 5.74) is 1.60. The van der Waals surface area contributed by atoms with Crippen molar-refractivity contribution in [3.05, 3.63) is 29.9 Å². The molecule has 0 radical (unpaired) electrons. The Balaban J connectivity index is 1.75. The molecule has 1 aliphatic heterocycles. The van der Waals surface area contributed by atoms with Crippen LogP contribution in [-0.4, -0.2) is 54.1 Å². The second kappa shape index (κ2) is 7.75. The molecule has 2 fully saturated rings. The summed E-state index contributed by atoms with van der Waals surface area (Å²) in [7, 11) is -3.74. The number of anilines is 1. The standard InChI is InChI=1S/C23H30N6O3S/c1-13-11-29(12-14(2)25-13)19-9-17(33(30,31)28-23(5)6-7-23)8-18-20(19)26-16(4)27-21(18)22-24-10-15(3)32-22/h8-10,13-14,25,28H,6-7,11-12H2,1-5H3/t13-,14-/m0/s1. The summed E-state index contributed by atoms with van der Waals surface area (Å²) in [6, 6.07) is 3.91. The van der Waals surface area contributed by atoms with Crippen LogP contribution in [0.2, 0.25) is 0 Å². The molecule has 3 heterocycles. The van der Waals surface area contributed by atoms with Gasteiger partial charge in [0.05, 0.1) is 22.3 Å². The van der Waals surface area contributed by atoms with Crippen LogP contribution >= 0.6 is 0 Å². The van der Waals surface area contributed by atoms with Crippen LogP contribution in [0, 0.1) is 13.8 Å². The molecular formula is C23H30N6O3S. The molecule has 1 saturated carbocycles. The van der Waals surface area contributed by atoms with Crippen LogP contribution in [0.1, 0.15) is 45.2 Å². The number of nitrogens with one attached hydrogen (secondary N) is 2. The lowest BCUT2D eigenvalue weighted by Gasteiger charge is -2.38. The molecule has 2 atom stereocenters. The van der Waals surface area contributed by atoms with Gasteiger partial charge in [-0.2, -0.15) is 0 Å². The summed E-state index contributed by atoms with van der Waals surface area (Å²) in [4.78, 5) is 16.1. The second-order valence-electron chi connectivity index (χ2n) is 9.77. The van der Waals surface area contributed by atoms with Crippen LogP contribution in [0.25, 0.3) is 22.5 Å². The third-order valence-electron chi connectivity index (χ3n) is 6.28. The number of piperazine rings is 1. The maximum absolute atomic E-state index is 13.4. The van der Waals surface area contributed by atoms with Gasteiger partial charge in [-0.3, -0.25) is 0 Å². The van der Waals surface area contributed by atoms with E-state index in [1.807, 2.05) is 20.8 Å². The van der Waals surface area contributed by atoms with Gasteiger partial charge >= 0.3 is 0 Å². The quantitative estimate of drug-likeness (QED) is 0.585. The molecule has 9 nitrogen and oxygen atoms in total. The van der Waals surface area contributed by atoms with E-state index in [0.717, 1.165) is 31.6 Å². The molecule has 0 unspecified atom stereocenters. The van der Waals surface area contributed by atoms with Crippen molar-refractivity contribution in [3.63, 3.8) is 0 Å². The first-order valence-corrected chi connectivity index (χ1v) is 12.8. The SMILES string of the molecule is Cc1nc(-c2ncc(C)o2)c2cc(S(=O)(=O)NC3(C)CC3)cc(N3C[C@H](C)N[C@@H](C)C3)c2n1. The van der Waals surface area contributed by atoms with Crippen molar-refractivity contribution >= 4 is 26.6 Å². The Morgan fingerprint density at radius 1 is 1.15 bits per heavy atom. The normalized spacial score (nSPS) is 22.6. The Bertz CT molecular complexity index is 1320. The summed E-state index contributed by atoms with van der Waals surface area (Å²) in [6.45, 7) is 11.3. The fourth-order valence-electron chi connectivity index (χ4n) is 4.52. The average Bonchev–Trinajstić information content (AvgIpc) is 3.27. The number of fused-ring (bicyclic) bond motifs is 1. The summed E-state index contributed by atoms with van der Waals surface area (Å²) in [5.74, 6) is 1.59. The van der Waals surface area contributed by atoms with E-state index < -0.39 is 10.0 Å². The number of hydrogen-bond donors (Lipinski definition) is 2. The summed E-state index contributed by atoms with van der Waals surface area (Å²) in [5, 5.41) is 4.14. The number of aryl methyl sites for hydroxylation is 2. The largest absolute Gasteiger partial charge is 0.440 e. The lowest BCUT2D eigenvalue weighted by atomic mass is 10.1. The van der Waals surface area contributed by atoms with Gasteiger partial charge < -0.3 is 14.6 Å². The minimum Gasteiger partial charge on any atom is -0.440 e. The Morgan fingerprint density at radius 2 is 1.85 bits per heavy atom. The average molecular weight is 471 g/mol. The maximum Gasteiger partial charge on any atom is 0.246 e. The topological polar surface area (TPSA) is 113 Å². The molecule has 0 amide bonds. The Morgan fingerprint density at radius 3 is 2.45 bits per heavy atom. The highest BCUT2D eigenvalue weighted by Gasteiger charge is 2.41. The van der Waals surface area contributed by atoms with Gasteiger partial charge in [-0.05, 0) is 59.6 Å². The van der Waals surface area contributed by atoms with E-state index >= 15 is 0 Å². The molecule has 0 bridgehead atoms. The monoisotopic (exact) mass is 470 g/mol. The van der Waals surface area contributed by atoms with Gasteiger partial charge in [0.1, 0.15) is 17.3 Å². The number of nitrogens with zero attached hydrogens (tertiary/aromatic N) is 4. The third-order valence-corrected chi connectivity index (χ3v) is 7.90. The lowest BCUT2D eigenvalue weighted by Crippen LogP contribution is -2.54. The second-order valence-corrected chi connectivity index (χ2v) is 11.5. The van der Waals surface area contributed by atoms with Gasteiger partial charge in [0.25, 0.3) is 0 Å². The smallest absolute Gasteiger partial charge is 0.246 e. The van der Waals surface area contributed by atoms with E-state index in [1.54, 1.807) is 18.3 Å². The van der Waals surface area contributed by atoms with Gasteiger partial charge in [-0.25, -0.2) is 28.1 Å². The number of sulfonamides is 1. The van der Waals surface area contributed by atoms with E-state index in [0.29, 0.717) is 34.1 Å². The number of benzene rings is 1. The summed E-state index contributed by atoms with van der Waals surface area (Å²) >= 11 is 0. The van der Waals surface area contributed by atoms with Gasteiger partial charge in [-0.15, -0.1) is 0 Å². The predicted octanol–water partition coefficient (Wildman–Crippen LogP) is 2.92. The lowest BCUT2D eigenvalue weighted by molar-refractivity contribution is 0.407. The Hall–Kier alpha value is -2.56. The van der Waals surface area contributed by atoms with E-state index in [2.05, 4.69) is 38.8 Å². The highest BCUT2D eigenvalue weighted by atomic mass is 32.2. The number of oxazole rings is 1. The number of aromatic nitrogens is 3. The highest BCUT2D eigenvalue weighted by Crippen LogP contribution is 2.38. The van der Waals surface area contributed by atoms with E-state index in [-0.39, 0.29) is 22.5 Å². The van der Waals surface area contributed by atoms with Gasteiger partial charge in [0, 0.05) is 36.1 Å². The van der Waals surface area contributed by atoms with Gasteiger partial charge in [0.15, 0.2) is 0 Å². The third kappa shape index (κ3) is 4.34. The first kappa shape index (κ1) is 22.2. The summed E-state index contributed by atoms with van der Waals surface area (Å²) < 4.78 is 35.4. The molecule has 1 aliphatic carbocycles. The molecule has 0 spiro atoms. The Labute approximate surface area is 194 Å². The van der Waals surface area contributed by atoms with Crippen LogP contribution in [0.5, 0.6) is 0 Å². The molecule has 5 rings (SSSR count). The van der Waals surface area contributed by atoms with Crippen molar-refractivity contribution < 1.29 is 12.8 Å². The van der Waals surface area contributed by atoms with Crippen LogP contribution in [0.15, 0.2) is 27.6 Å². The van der Waals surface area contributed by atoms with Gasteiger partial charge in [-0.1, -0.05) is 0 Å². The molecule has 2 aliphatic rings. The van der Waals surface area contributed by atoms with E-state index in [4.69, 9.17) is 9.40 Å². The molecular weight excluding hydrogens is 440 g/mol. The van der Waals surface area contributed by atoms with Crippen LogP contribution in [-0.2, 0) is 10.0 Å². The van der Waals surface area contributed by atoms with Crippen molar-refractivity contribution in [2.45, 2.75) is 70.0 Å². The van der Waals surface area contributed by atoms with Crippen LogP contribution in [0.4, 0.5) is 5.69 Å². The fraction of sp³-hybridized carbons (Fsp3) is 0.522. The molecule has 176 valence electrons. The summed E-state index contributed by atoms with van der Waals surface area (Å²) in [6.07, 6.45) is 3.31. The minimum absolute atomic E-state index is 0.203. The van der Waals surface area contributed by atoms with Crippen LogP contribution < -0.4 is 14.9 Å². The molecule has 10 heteroatoms. The zero-order chi connectivity index (χ0) is 23.5. The molecule has 2 N–H and O–H groups in total. The molecule has 1 saturated heterocycles. The molecule has 33 heavy (non-hydrogen) atoms. The van der Waals surface area contributed by atoms with Crippen molar-refractivity contribution in [2.75, 3.05) is 18.0 Å². The van der Waals surface area contributed by atoms with Crippen molar-refractivity contribution in [3.8, 4) is 11.6 Å². The van der Waals surface area contributed by atoms with Crippen molar-refractivity contribution in [2.24, 2.45) is 0 Å². The van der Waals surface area contributed by atoms with Crippen molar-refractivity contribution in [1.82, 2.24) is 25.0 Å². The molecule has 2 aromatic heterocycles. The maximum atomic E-state index is 13.4. The zero-order valence-electron chi connectivity index (χ0n) is 19.6. The minimum atomic E-state index is -3.74. The predicted molar refractivity (Wildman–Crippen MR) is 127 cm³/mol. The first-order valence-electron chi connectivity index (χ1n) is 11.3.